The predicted octanol–water partition coefficient (Wildman–Crippen LogP) is 4.82. The van der Waals surface area contributed by atoms with Gasteiger partial charge >= 0.3 is 0 Å². The molecule has 0 aromatic heterocycles. The molecule has 0 saturated carbocycles. The van der Waals surface area contributed by atoms with Crippen molar-refractivity contribution in [2.75, 3.05) is 0 Å². The first-order valence-corrected chi connectivity index (χ1v) is 11.8. The van der Waals surface area contributed by atoms with Gasteiger partial charge in [0.2, 0.25) is 0 Å². The third kappa shape index (κ3) is 5.10. The molecular formula is C18H23BrO2Si. The molecule has 1 fully saturated rings. The van der Waals surface area contributed by atoms with Crippen molar-refractivity contribution in [1.29, 1.82) is 0 Å². The van der Waals surface area contributed by atoms with Crippen molar-refractivity contribution in [1.82, 2.24) is 0 Å². The third-order valence-corrected chi connectivity index (χ3v) is 4.64. The van der Waals surface area contributed by atoms with Crippen molar-refractivity contribution in [3.63, 3.8) is 0 Å². The van der Waals surface area contributed by atoms with Gasteiger partial charge in [-0.3, -0.25) is 0 Å². The Morgan fingerprint density at radius 1 is 1.18 bits per heavy atom. The first kappa shape index (κ1) is 17.5. The lowest BCUT2D eigenvalue weighted by atomic mass is 10.1. The van der Waals surface area contributed by atoms with Gasteiger partial charge in [-0.05, 0) is 25.5 Å². The molecule has 1 aliphatic rings. The van der Waals surface area contributed by atoms with E-state index in [0.717, 1.165) is 10.0 Å². The predicted molar refractivity (Wildman–Crippen MR) is 98.3 cm³/mol. The monoisotopic (exact) mass is 378 g/mol. The fraction of sp³-hybridized carbons (Fsp3) is 0.444. The summed E-state index contributed by atoms with van der Waals surface area (Å²) >= 11 is 3.65. The van der Waals surface area contributed by atoms with E-state index in [1.807, 2.05) is 32.0 Å². The van der Waals surface area contributed by atoms with Crippen molar-refractivity contribution >= 4 is 30.1 Å². The molecule has 2 rings (SSSR count). The molecule has 22 heavy (non-hydrogen) atoms. The molecule has 118 valence electrons. The van der Waals surface area contributed by atoms with Crippen LogP contribution in [0, 0.1) is 11.5 Å². The second kappa shape index (κ2) is 6.72. The molecule has 0 bridgehead atoms. The SMILES string of the molecule is CC1(C)O[C@H](/C(Br)=C\c2ccccc2)[C@@H](C#C[Si](C)(C)C)O1. The Balaban J connectivity index is 2.25. The molecule has 0 unspecified atom stereocenters. The number of hydrogen-bond donors (Lipinski definition) is 0. The number of halogens is 1. The van der Waals surface area contributed by atoms with Gasteiger partial charge in [-0.25, -0.2) is 0 Å². The highest BCUT2D eigenvalue weighted by atomic mass is 79.9. The zero-order valence-corrected chi connectivity index (χ0v) is 16.4. The largest absolute Gasteiger partial charge is 0.338 e. The summed E-state index contributed by atoms with van der Waals surface area (Å²) < 4.78 is 13.0. The molecule has 0 aliphatic carbocycles. The quantitative estimate of drug-likeness (QED) is 0.542. The van der Waals surface area contributed by atoms with E-state index in [0.29, 0.717) is 0 Å². The van der Waals surface area contributed by atoms with E-state index < -0.39 is 13.9 Å². The number of hydrogen-bond acceptors (Lipinski definition) is 2. The summed E-state index contributed by atoms with van der Waals surface area (Å²) in [5, 5.41) is 0. The van der Waals surface area contributed by atoms with Crippen LogP contribution >= 0.6 is 15.9 Å². The Labute approximate surface area is 143 Å². The van der Waals surface area contributed by atoms with Crippen LogP contribution in [0.15, 0.2) is 34.8 Å². The summed E-state index contributed by atoms with van der Waals surface area (Å²) in [7, 11) is -1.44. The van der Waals surface area contributed by atoms with Crippen LogP contribution in [0.1, 0.15) is 19.4 Å². The van der Waals surface area contributed by atoms with E-state index in [-0.39, 0.29) is 12.2 Å². The molecule has 1 aromatic rings. The Morgan fingerprint density at radius 3 is 2.41 bits per heavy atom. The molecule has 1 aromatic carbocycles. The summed E-state index contributed by atoms with van der Waals surface area (Å²) in [5.41, 5.74) is 4.51. The van der Waals surface area contributed by atoms with Crippen LogP contribution < -0.4 is 0 Å². The van der Waals surface area contributed by atoms with E-state index in [1.54, 1.807) is 0 Å². The lowest BCUT2D eigenvalue weighted by Gasteiger charge is -2.16. The van der Waals surface area contributed by atoms with Crippen molar-refractivity contribution in [3.8, 4) is 11.5 Å². The summed E-state index contributed by atoms with van der Waals surface area (Å²) in [6.07, 6.45) is 1.63. The van der Waals surface area contributed by atoms with Gasteiger partial charge in [0.1, 0.15) is 14.2 Å². The average molecular weight is 379 g/mol. The maximum atomic E-state index is 6.04. The minimum Gasteiger partial charge on any atom is -0.338 e. The lowest BCUT2D eigenvalue weighted by molar-refractivity contribution is -0.138. The minimum absolute atomic E-state index is 0.195. The first-order chi connectivity index (χ1) is 10.2. The van der Waals surface area contributed by atoms with Gasteiger partial charge in [0.05, 0.1) is 0 Å². The molecular weight excluding hydrogens is 356 g/mol. The minimum atomic E-state index is -1.44. The smallest absolute Gasteiger partial charge is 0.165 e. The van der Waals surface area contributed by atoms with Gasteiger partial charge < -0.3 is 9.47 Å². The summed E-state index contributed by atoms with van der Waals surface area (Å²) in [5.74, 6) is 2.67. The first-order valence-electron chi connectivity index (χ1n) is 7.47. The zero-order chi connectivity index (χ0) is 16.4. The standard InChI is InChI=1S/C18H23BrO2Si/c1-18(2)20-16(11-12-22(3,4)5)17(21-18)15(19)13-14-9-7-6-8-10-14/h6-10,13,16-17H,1-5H3/b15-13+/t16-,17-/m1/s1. The van der Waals surface area contributed by atoms with Crippen LogP contribution in [0.2, 0.25) is 19.6 Å². The van der Waals surface area contributed by atoms with Gasteiger partial charge in [-0.1, -0.05) is 71.8 Å². The topological polar surface area (TPSA) is 18.5 Å². The number of benzene rings is 1. The second-order valence-corrected chi connectivity index (χ2v) is 12.6. The van der Waals surface area contributed by atoms with Crippen molar-refractivity contribution in [2.45, 2.75) is 51.5 Å². The molecule has 2 atom stereocenters. The molecule has 1 heterocycles. The summed E-state index contributed by atoms with van der Waals surface area (Å²) in [6, 6.07) is 10.2. The van der Waals surface area contributed by atoms with Crippen molar-refractivity contribution < 1.29 is 9.47 Å². The van der Waals surface area contributed by atoms with Gasteiger partial charge in [-0.15, -0.1) is 5.54 Å². The van der Waals surface area contributed by atoms with E-state index >= 15 is 0 Å². The molecule has 0 amide bonds. The zero-order valence-electron chi connectivity index (χ0n) is 13.8. The molecule has 1 aliphatic heterocycles. The Hall–Kier alpha value is -0.863. The van der Waals surface area contributed by atoms with Gasteiger partial charge in [0, 0.05) is 4.48 Å². The van der Waals surface area contributed by atoms with Crippen molar-refractivity contribution in [2.24, 2.45) is 0 Å². The highest BCUT2D eigenvalue weighted by Crippen LogP contribution is 2.35. The van der Waals surface area contributed by atoms with Gasteiger partial charge in [0.15, 0.2) is 11.9 Å². The van der Waals surface area contributed by atoms with Crippen LogP contribution in [0.25, 0.3) is 6.08 Å². The van der Waals surface area contributed by atoms with Crippen LogP contribution in [0.5, 0.6) is 0 Å². The molecule has 0 N–H and O–H groups in total. The Bertz CT molecular complexity index is 605. The van der Waals surface area contributed by atoms with Crippen LogP contribution in [-0.4, -0.2) is 26.1 Å². The molecule has 4 heteroatoms. The Kier molecular flexibility index (Phi) is 5.34. The summed E-state index contributed by atoms with van der Waals surface area (Å²) in [4.78, 5) is 0. The number of ether oxygens (including phenoxy) is 2. The van der Waals surface area contributed by atoms with Crippen LogP contribution in [0.3, 0.4) is 0 Å². The van der Waals surface area contributed by atoms with Gasteiger partial charge in [-0.2, -0.15) is 0 Å². The lowest BCUT2D eigenvalue weighted by Crippen LogP contribution is -2.23. The summed E-state index contributed by atoms with van der Waals surface area (Å²) in [6.45, 7) is 10.5. The van der Waals surface area contributed by atoms with Crippen molar-refractivity contribution in [3.05, 3.63) is 40.4 Å². The van der Waals surface area contributed by atoms with E-state index in [1.165, 1.54) is 0 Å². The Morgan fingerprint density at radius 2 is 1.82 bits per heavy atom. The number of rotatable bonds is 2. The maximum Gasteiger partial charge on any atom is 0.165 e. The van der Waals surface area contributed by atoms with E-state index in [4.69, 9.17) is 9.47 Å². The second-order valence-electron chi connectivity index (χ2n) is 6.94. The fourth-order valence-electron chi connectivity index (χ4n) is 2.15. The highest BCUT2D eigenvalue weighted by Gasteiger charge is 2.42. The molecule has 1 saturated heterocycles. The highest BCUT2D eigenvalue weighted by molar-refractivity contribution is 9.11. The van der Waals surface area contributed by atoms with E-state index in [2.05, 4.69) is 65.2 Å². The molecule has 2 nitrogen and oxygen atoms in total. The van der Waals surface area contributed by atoms with Crippen LogP contribution in [0.4, 0.5) is 0 Å². The van der Waals surface area contributed by atoms with E-state index in [9.17, 15) is 0 Å². The maximum absolute atomic E-state index is 6.04. The fourth-order valence-corrected chi connectivity index (χ4v) is 3.32. The van der Waals surface area contributed by atoms with Crippen LogP contribution in [-0.2, 0) is 9.47 Å². The van der Waals surface area contributed by atoms with Gasteiger partial charge in [0.25, 0.3) is 0 Å². The average Bonchev–Trinajstić information content (AvgIpc) is 2.72. The third-order valence-electron chi connectivity index (χ3n) is 3.06. The molecule has 0 radical (unpaired) electrons. The normalized spacial score (nSPS) is 24.7. The molecule has 0 spiro atoms.